The fraction of sp³-hybridized carbons (Fsp3) is 0.362. The maximum Gasteiger partial charge on any atom is 0.191 e. The smallest absolute Gasteiger partial charge is 0.191 e. The molecule has 0 saturated heterocycles. The van der Waals surface area contributed by atoms with Crippen molar-refractivity contribution in [3.8, 4) is 0 Å². The Morgan fingerprint density at radius 1 is 0.578 bits per heavy atom. The standard InChI is InChI=1S/C15H16ClN3O.C14H14ClN3O.C9H7BrClNO.C9H8ClNO/c1-9-8-10(2)19(18-9)15(3)7-6-12-11(14(15)20)4-5-13(16)17-12;1-8-7-9(2)18(17-8)12-5-4-11-10(14(12)19)3-6-13(15)16-11;10-6-2-3-7-5(9(6)13)1-4-8(11)12-7;10-9-5-4-6-7(11-9)2-1-3-8(6)12/h4-5,8H,6-7H2,1-3H3;3,6-7,12H,4-5H2,1-2H3;1,4,6H,2-3H2;4-5H,1-3H2. The van der Waals surface area contributed by atoms with Crippen LogP contribution in [0.1, 0.15) is 132 Å². The van der Waals surface area contributed by atoms with Crippen LogP contribution in [0.3, 0.4) is 0 Å². The minimum Gasteiger partial charge on any atom is -0.294 e. The van der Waals surface area contributed by atoms with Crippen LogP contribution in [-0.4, -0.2) is 67.5 Å². The van der Waals surface area contributed by atoms with Crippen LogP contribution in [0.5, 0.6) is 0 Å². The highest BCUT2D eigenvalue weighted by molar-refractivity contribution is 9.10. The van der Waals surface area contributed by atoms with E-state index in [9.17, 15) is 19.2 Å². The molecule has 0 amide bonds. The summed E-state index contributed by atoms with van der Waals surface area (Å²) in [7, 11) is 0. The monoisotopic (exact) mass is 1000 g/mol. The van der Waals surface area contributed by atoms with Gasteiger partial charge in [-0.3, -0.25) is 28.5 Å². The number of carbonyl (C=O) groups is 4. The Kier molecular flexibility index (Phi) is 14.7. The number of halogens is 5. The molecule has 0 aliphatic heterocycles. The molecule has 17 heteroatoms. The van der Waals surface area contributed by atoms with E-state index in [2.05, 4.69) is 46.1 Å². The summed E-state index contributed by atoms with van der Waals surface area (Å²) in [5, 5.41) is 10.7. The van der Waals surface area contributed by atoms with Gasteiger partial charge in [0.05, 0.1) is 39.0 Å². The summed E-state index contributed by atoms with van der Waals surface area (Å²) in [5.41, 5.74) is 9.32. The molecule has 64 heavy (non-hydrogen) atoms. The highest BCUT2D eigenvalue weighted by atomic mass is 79.9. The average Bonchev–Trinajstić information content (AvgIpc) is 3.79. The van der Waals surface area contributed by atoms with Crippen molar-refractivity contribution in [1.29, 1.82) is 0 Å². The van der Waals surface area contributed by atoms with E-state index in [1.807, 2.05) is 56.1 Å². The van der Waals surface area contributed by atoms with Gasteiger partial charge in [-0.1, -0.05) is 62.3 Å². The second-order valence-electron chi connectivity index (χ2n) is 16.4. The first kappa shape index (κ1) is 47.3. The Morgan fingerprint density at radius 3 is 1.61 bits per heavy atom. The third-order valence-corrected chi connectivity index (χ3v) is 13.4. The maximum absolute atomic E-state index is 12.9. The van der Waals surface area contributed by atoms with Crippen molar-refractivity contribution >= 4 is 85.5 Å². The molecule has 332 valence electrons. The number of ketones is 4. The van der Waals surface area contributed by atoms with Crippen LogP contribution >= 0.6 is 62.3 Å². The van der Waals surface area contributed by atoms with Crippen LogP contribution in [-0.2, 0) is 31.2 Å². The lowest BCUT2D eigenvalue weighted by atomic mass is 9.80. The van der Waals surface area contributed by atoms with E-state index in [-0.39, 0.29) is 34.0 Å². The van der Waals surface area contributed by atoms with Gasteiger partial charge in [0.1, 0.15) is 32.2 Å². The largest absolute Gasteiger partial charge is 0.294 e. The van der Waals surface area contributed by atoms with Crippen molar-refractivity contribution in [2.75, 3.05) is 0 Å². The molecule has 3 atom stereocenters. The number of alkyl halides is 1. The summed E-state index contributed by atoms with van der Waals surface area (Å²) in [6.07, 6.45) is 6.95. The van der Waals surface area contributed by atoms with Gasteiger partial charge in [-0.2, -0.15) is 10.2 Å². The zero-order valence-corrected chi connectivity index (χ0v) is 40.5. The quantitative estimate of drug-likeness (QED) is 0.121. The van der Waals surface area contributed by atoms with Gasteiger partial charge in [0.2, 0.25) is 0 Å². The minimum absolute atomic E-state index is 0.0528. The molecular formula is C47H45BrCl4N8O4. The molecule has 0 bridgehead atoms. The van der Waals surface area contributed by atoms with E-state index in [0.717, 1.165) is 96.1 Å². The van der Waals surface area contributed by atoms with Crippen LogP contribution in [0.15, 0.2) is 60.7 Å². The first-order valence-electron chi connectivity index (χ1n) is 20.9. The Balaban J connectivity index is 0.000000130. The van der Waals surface area contributed by atoms with Gasteiger partial charge < -0.3 is 0 Å². The average molecular weight is 1010 g/mol. The van der Waals surface area contributed by atoms with Crippen molar-refractivity contribution in [1.82, 2.24) is 39.5 Å². The first-order chi connectivity index (χ1) is 30.4. The second kappa shape index (κ2) is 19.8. The molecule has 0 saturated carbocycles. The molecule has 0 aromatic carbocycles. The lowest BCUT2D eigenvalue weighted by molar-refractivity contribution is 0.0772. The van der Waals surface area contributed by atoms with Crippen molar-refractivity contribution in [3.05, 3.63) is 149 Å². The molecule has 3 unspecified atom stereocenters. The van der Waals surface area contributed by atoms with E-state index >= 15 is 0 Å². The summed E-state index contributed by atoms with van der Waals surface area (Å²) in [5.74, 6) is 0.455. The number of Topliss-reactive ketones (excluding diaryl/α,β-unsaturated/α-hetero) is 4. The zero-order chi connectivity index (χ0) is 46.0. The summed E-state index contributed by atoms with van der Waals surface area (Å²) in [6.45, 7) is 9.78. The molecule has 6 heterocycles. The van der Waals surface area contributed by atoms with E-state index in [1.165, 1.54) is 0 Å². The van der Waals surface area contributed by atoms with E-state index < -0.39 is 5.54 Å². The number of rotatable bonds is 2. The van der Waals surface area contributed by atoms with E-state index in [0.29, 0.717) is 50.1 Å². The number of fused-ring (bicyclic) bond motifs is 4. The van der Waals surface area contributed by atoms with Crippen molar-refractivity contribution < 1.29 is 19.2 Å². The normalized spacial score (nSPS) is 19.7. The highest BCUT2D eigenvalue weighted by Gasteiger charge is 2.42. The molecule has 12 nitrogen and oxygen atoms in total. The van der Waals surface area contributed by atoms with Gasteiger partial charge >= 0.3 is 0 Å². The molecular weight excluding hydrogens is 962 g/mol. The van der Waals surface area contributed by atoms with Gasteiger partial charge in [0, 0.05) is 40.1 Å². The summed E-state index contributed by atoms with van der Waals surface area (Å²) in [4.78, 5) is 65.0. The molecule has 4 aliphatic rings. The Labute approximate surface area is 399 Å². The summed E-state index contributed by atoms with van der Waals surface area (Å²) in [6, 6.07) is 17.5. The number of hydrogen-bond acceptors (Lipinski definition) is 10. The molecule has 0 fully saturated rings. The second-order valence-corrected chi connectivity index (χ2v) is 19.0. The van der Waals surface area contributed by atoms with E-state index in [1.54, 1.807) is 48.5 Å². The third kappa shape index (κ3) is 10.2. The first-order valence-corrected chi connectivity index (χ1v) is 23.3. The number of pyridine rings is 4. The van der Waals surface area contributed by atoms with Crippen LogP contribution in [0.4, 0.5) is 0 Å². The topological polar surface area (TPSA) is 155 Å². The molecule has 4 aliphatic carbocycles. The zero-order valence-electron chi connectivity index (χ0n) is 35.9. The minimum atomic E-state index is -0.638. The van der Waals surface area contributed by atoms with Crippen molar-refractivity contribution in [2.45, 2.75) is 109 Å². The molecule has 6 aromatic heterocycles. The van der Waals surface area contributed by atoms with Crippen molar-refractivity contribution in [2.24, 2.45) is 0 Å². The molecule has 6 aromatic rings. The molecule has 0 spiro atoms. The SMILES string of the molecule is Cc1cc(C)n(C2(C)CCc3nc(Cl)ccc3C2=O)n1.Cc1cc(C)n(C2CCc3nc(Cl)ccc3C2=O)n1.O=C1CCCc2nc(Cl)ccc21.O=C1c2ccc(Cl)nc2CCC1Br. The van der Waals surface area contributed by atoms with Crippen LogP contribution in [0, 0.1) is 27.7 Å². The predicted octanol–water partition coefficient (Wildman–Crippen LogP) is 10.9. The fourth-order valence-electron chi connectivity index (χ4n) is 8.56. The van der Waals surface area contributed by atoms with E-state index in [4.69, 9.17) is 46.4 Å². The van der Waals surface area contributed by atoms with Gasteiger partial charge in [-0.25, -0.2) is 19.9 Å². The lowest BCUT2D eigenvalue weighted by Crippen LogP contribution is -2.44. The highest BCUT2D eigenvalue weighted by Crippen LogP contribution is 2.35. The number of hydrogen-bond donors (Lipinski definition) is 0. The molecule has 10 rings (SSSR count). The van der Waals surface area contributed by atoms with Gasteiger partial charge in [0.25, 0.3) is 0 Å². The van der Waals surface area contributed by atoms with Crippen molar-refractivity contribution in [3.63, 3.8) is 0 Å². The molecule has 0 radical (unpaired) electrons. The number of aromatic nitrogens is 8. The van der Waals surface area contributed by atoms with Gasteiger partial charge in [0.15, 0.2) is 23.1 Å². The summed E-state index contributed by atoms with van der Waals surface area (Å²) >= 11 is 26.5. The van der Waals surface area contributed by atoms with Crippen LogP contribution < -0.4 is 0 Å². The van der Waals surface area contributed by atoms with Gasteiger partial charge in [-0.15, -0.1) is 0 Å². The van der Waals surface area contributed by atoms with Crippen LogP contribution in [0.2, 0.25) is 20.6 Å². The van der Waals surface area contributed by atoms with Crippen LogP contribution in [0.25, 0.3) is 0 Å². The lowest BCUT2D eigenvalue weighted by Gasteiger charge is -2.34. The summed E-state index contributed by atoms with van der Waals surface area (Å²) < 4.78 is 3.68. The fourth-order valence-corrected chi connectivity index (χ4v) is 9.70. The number of nitrogens with zero attached hydrogens (tertiary/aromatic N) is 8. The Morgan fingerprint density at radius 2 is 1.06 bits per heavy atom. The Hall–Kier alpha value is -4.66. The predicted molar refractivity (Wildman–Crippen MR) is 251 cm³/mol. The number of carbonyl (C=O) groups excluding carboxylic acids is 4. The third-order valence-electron chi connectivity index (χ3n) is 11.7. The number of aryl methyl sites for hydroxylation is 8. The maximum atomic E-state index is 12.9. The van der Waals surface area contributed by atoms with Gasteiger partial charge in [-0.05, 0) is 147 Å². The molecule has 0 N–H and O–H groups in total. The Bertz CT molecular complexity index is 2810.